The molecule has 0 aliphatic heterocycles. The lowest BCUT2D eigenvalue weighted by Gasteiger charge is -2.24. The van der Waals surface area contributed by atoms with Crippen molar-refractivity contribution in [3.8, 4) is 0 Å². The zero-order chi connectivity index (χ0) is 14.6. The average molecular weight is 275 g/mol. The van der Waals surface area contributed by atoms with Gasteiger partial charge in [-0.15, -0.1) is 0 Å². The van der Waals surface area contributed by atoms with Gasteiger partial charge in [-0.2, -0.15) is 5.10 Å². The molecule has 2 rings (SSSR count). The Balaban J connectivity index is 1.88. The van der Waals surface area contributed by atoms with Gasteiger partial charge in [0.05, 0.1) is 17.3 Å². The molecule has 20 heavy (non-hydrogen) atoms. The van der Waals surface area contributed by atoms with Gasteiger partial charge in [0, 0.05) is 18.5 Å². The maximum Gasteiger partial charge on any atom is 0.0743 e. The Morgan fingerprint density at radius 1 is 1.40 bits per heavy atom. The van der Waals surface area contributed by atoms with Crippen LogP contribution >= 0.6 is 0 Å². The highest BCUT2D eigenvalue weighted by Crippen LogP contribution is 2.17. The first-order chi connectivity index (χ1) is 9.48. The summed E-state index contributed by atoms with van der Waals surface area (Å²) < 4.78 is 0. The lowest BCUT2D eigenvalue weighted by Crippen LogP contribution is -2.37. The number of rotatable bonds is 7. The van der Waals surface area contributed by atoms with E-state index in [2.05, 4.69) is 35.4 Å². The Morgan fingerprint density at radius 2 is 2.20 bits per heavy atom. The molecule has 1 aromatic heterocycles. The third kappa shape index (κ3) is 4.05. The molecule has 0 spiro atoms. The highest BCUT2D eigenvalue weighted by molar-refractivity contribution is 5.81. The molecule has 2 aromatic rings. The second-order valence-corrected chi connectivity index (χ2v) is 6.28. The van der Waals surface area contributed by atoms with Crippen LogP contribution in [-0.2, 0) is 6.54 Å². The van der Waals surface area contributed by atoms with Crippen molar-refractivity contribution in [1.82, 2.24) is 15.5 Å². The Labute approximate surface area is 120 Å². The van der Waals surface area contributed by atoms with Crippen LogP contribution in [0.25, 0.3) is 10.9 Å². The predicted octanol–water partition coefficient (Wildman–Crippen LogP) is 2.84. The van der Waals surface area contributed by atoms with E-state index < -0.39 is 5.60 Å². The van der Waals surface area contributed by atoms with Crippen molar-refractivity contribution >= 4 is 10.9 Å². The number of aromatic amines is 1. The van der Waals surface area contributed by atoms with Crippen molar-refractivity contribution in [3.05, 3.63) is 30.0 Å². The molecule has 4 nitrogen and oxygen atoms in total. The molecule has 4 heteroatoms. The lowest BCUT2D eigenvalue weighted by atomic mass is 9.95. The fourth-order valence-corrected chi connectivity index (χ4v) is 2.33. The average Bonchev–Trinajstić information content (AvgIpc) is 2.85. The van der Waals surface area contributed by atoms with Crippen LogP contribution in [0.2, 0.25) is 0 Å². The van der Waals surface area contributed by atoms with Crippen LogP contribution in [0.5, 0.6) is 0 Å². The van der Waals surface area contributed by atoms with Crippen LogP contribution in [0.15, 0.2) is 24.4 Å². The fraction of sp³-hybridized carbons (Fsp3) is 0.562. The molecule has 0 saturated carbocycles. The number of fused-ring (bicyclic) bond motifs is 1. The minimum absolute atomic E-state index is 0.601. The van der Waals surface area contributed by atoms with E-state index in [0.717, 1.165) is 30.3 Å². The molecule has 0 radical (unpaired) electrons. The van der Waals surface area contributed by atoms with Crippen LogP contribution in [-0.4, -0.2) is 27.4 Å². The number of para-hydroxylation sites is 1. The number of aliphatic hydroxyl groups is 1. The highest BCUT2D eigenvalue weighted by Gasteiger charge is 2.20. The summed E-state index contributed by atoms with van der Waals surface area (Å²) in [5.41, 5.74) is 1.60. The fourth-order valence-electron chi connectivity index (χ4n) is 2.33. The second-order valence-electron chi connectivity index (χ2n) is 6.28. The molecule has 0 fully saturated rings. The van der Waals surface area contributed by atoms with Crippen LogP contribution in [0.4, 0.5) is 0 Å². The number of nitrogens with zero attached hydrogens (tertiary/aromatic N) is 1. The van der Waals surface area contributed by atoms with E-state index in [1.807, 2.05) is 25.3 Å². The number of H-pyrrole nitrogens is 1. The largest absolute Gasteiger partial charge is 0.389 e. The summed E-state index contributed by atoms with van der Waals surface area (Å²) >= 11 is 0. The molecule has 3 N–H and O–H groups in total. The molecule has 0 aliphatic carbocycles. The van der Waals surface area contributed by atoms with Gasteiger partial charge in [0.2, 0.25) is 0 Å². The Bertz CT molecular complexity index is 545. The van der Waals surface area contributed by atoms with Gasteiger partial charge < -0.3 is 10.4 Å². The SMILES string of the molecule is CC(C)CCC(C)(O)CNCc1cccc2cn[nH]c12. The number of benzene rings is 1. The molecular weight excluding hydrogens is 250 g/mol. The van der Waals surface area contributed by atoms with Gasteiger partial charge in [-0.3, -0.25) is 5.10 Å². The van der Waals surface area contributed by atoms with Crippen LogP contribution in [0, 0.1) is 5.92 Å². The van der Waals surface area contributed by atoms with E-state index in [-0.39, 0.29) is 0 Å². The Morgan fingerprint density at radius 3 is 2.95 bits per heavy atom. The first-order valence-electron chi connectivity index (χ1n) is 7.32. The van der Waals surface area contributed by atoms with E-state index in [9.17, 15) is 5.11 Å². The predicted molar refractivity (Wildman–Crippen MR) is 82.5 cm³/mol. The Hall–Kier alpha value is -1.39. The van der Waals surface area contributed by atoms with E-state index in [0.29, 0.717) is 12.5 Å². The standard InChI is InChI=1S/C16H25N3O/c1-12(2)7-8-16(3,20)11-17-9-13-5-4-6-14-10-18-19-15(13)14/h4-6,10,12,17,20H,7-9,11H2,1-3H3,(H,18,19). The smallest absolute Gasteiger partial charge is 0.0743 e. The lowest BCUT2D eigenvalue weighted by molar-refractivity contribution is 0.0451. The molecule has 0 amide bonds. The van der Waals surface area contributed by atoms with Crippen LogP contribution < -0.4 is 5.32 Å². The maximum absolute atomic E-state index is 10.3. The molecule has 1 atom stereocenters. The van der Waals surface area contributed by atoms with E-state index in [1.54, 1.807) is 0 Å². The van der Waals surface area contributed by atoms with Gasteiger partial charge in [0.25, 0.3) is 0 Å². The topological polar surface area (TPSA) is 60.9 Å². The summed E-state index contributed by atoms with van der Waals surface area (Å²) in [7, 11) is 0. The number of hydrogen-bond donors (Lipinski definition) is 3. The zero-order valence-electron chi connectivity index (χ0n) is 12.6. The normalized spacial score (nSPS) is 14.8. The van der Waals surface area contributed by atoms with Gasteiger partial charge >= 0.3 is 0 Å². The van der Waals surface area contributed by atoms with Gasteiger partial charge in [-0.05, 0) is 31.2 Å². The van der Waals surface area contributed by atoms with E-state index in [1.165, 1.54) is 5.56 Å². The number of nitrogens with one attached hydrogen (secondary N) is 2. The zero-order valence-corrected chi connectivity index (χ0v) is 12.6. The van der Waals surface area contributed by atoms with E-state index in [4.69, 9.17) is 0 Å². The summed E-state index contributed by atoms with van der Waals surface area (Å²) in [6.45, 7) is 7.60. The van der Waals surface area contributed by atoms with Gasteiger partial charge in [0.15, 0.2) is 0 Å². The first kappa shape index (κ1) is 15.0. The molecule has 0 aliphatic rings. The van der Waals surface area contributed by atoms with Crippen LogP contribution in [0.1, 0.15) is 39.2 Å². The van der Waals surface area contributed by atoms with E-state index >= 15 is 0 Å². The quantitative estimate of drug-likeness (QED) is 0.728. The third-order valence-corrected chi connectivity index (χ3v) is 3.64. The Kier molecular flexibility index (Phi) is 4.78. The van der Waals surface area contributed by atoms with Gasteiger partial charge in [-0.1, -0.05) is 32.0 Å². The summed E-state index contributed by atoms with van der Waals surface area (Å²) in [6, 6.07) is 6.16. The molecular formula is C16H25N3O. The molecule has 0 bridgehead atoms. The molecule has 1 heterocycles. The molecule has 110 valence electrons. The summed E-state index contributed by atoms with van der Waals surface area (Å²) in [5.74, 6) is 0.625. The first-order valence-corrected chi connectivity index (χ1v) is 7.32. The van der Waals surface area contributed by atoms with Gasteiger partial charge in [-0.25, -0.2) is 0 Å². The van der Waals surface area contributed by atoms with Crippen molar-refractivity contribution in [1.29, 1.82) is 0 Å². The summed E-state index contributed by atoms with van der Waals surface area (Å²) in [5, 5.41) is 21.9. The van der Waals surface area contributed by atoms with Gasteiger partial charge in [0.1, 0.15) is 0 Å². The monoisotopic (exact) mass is 275 g/mol. The maximum atomic E-state index is 10.3. The van der Waals surface area contributed by atoms with Crippen molar-refractivity contribution in [2.45, 2.75) is 45.8 Å². The third-order valence-electron chi connectivity index (χ3n) is 3.64. The minimum atomic E-state index is -0.647. The molecule has 0 saturated heterocycles. The van der Waals surface area contributed by atoms with Crippen molar-refractivity contribution in [3.63, 3.8) is 0 Å². The number of hydrogen-bond acceptors (Lipinski definition) is 3. The van der Waals surface area contributed by atoms with Crippen molar-refractivity contribution < 1.29 is 5.11 Å². The van der Waals surface area contributed by atoms with Crippen molar-refractivity contribution in [2.75, 3.05) is 6.54 Å². The summed E-state index contributed by atoms with van der Waals surface area (Å²) in [6.07, 6.45) is 3.70. The minimum Gasteiger partial charge on any atom is -0.389 e. The second kappa shape index (κ2) is 6.37. The summed E-state index contributed by atoms with van der Waals surface area (Å²) in [4.78, 5) is 0. The molecule has 1 aromatic carbocycles. The van der Waals surface area contributed by atoms with Crippen molar-refractivity contribution in [2.24, 2.45) is 5.92 Å². The van der Waals surface area contributed by atoms with Crippen LogP contribution in [0.3, 0.4) is 0 Å². The number of aromatic nitrogens is 2. The molecule has 1 unspecified atom stereocenters. The highest BCUT2D eigenvalue weighted by atomic mass is 16.3.